The van der Waals surface area contributed by atoms with E-state index in [2.05, 4.69) is 5.32 Å². The lowest BCUT2D eigenvalue weighted by atomic mass is 10.1. The van der Waals surface area contributed by atoms with Crippen molar-refractivity contribution in [3.05, 3.63) is 94.8 Å². The van der Waals surface area contributed by atoms with Gasteiger partial charge in [0.1, 0.15) is 18.4 Å². The number of unbranched alkanes of at least 4 members (excludes halogenated alkanes) is 1. The Kier molecular flexibility index (Phi) is 10.5. The number of halogens is 2. The van der Waals surface area contributed by atoms with E-state index in [9.17, 15) is 22.4 Å². The van der Waals surface area contributed by atoms with Crippen LogP contribution in [0.15, 0.2) is 77.7 Å². The molecule has 2 amide bonds. The van der Waals surface area contributed by atoms with Crippen LogP contribution in [0.5, 0.6) is 0 Å². The van der Waals surface area contributed by atoms with Crippen LogP contribution in [0.1, 0.15) is 37.8 Å². The zero-order chi connectivity index (χ0) is 28.6. The summed E-state index contributed by atoms with van der Waals surface area (Å²) in [6.45, 7) is 5.34. The number of amides is 2. The predicted octanol–water partition coefficient (Wildman–Crippen LogP) is 5.32. The molecular formula is C29H33ClFN3O4S. The van der Waals surface area contributed by atoms with Gasteiger partial charge in [-0.15, -0.1) is 0 Å². The van der Waals surface area contributed by atoms with Crippen LogP contribution < -0.4 is 9.62 Å². The predicted molar refractivity (Wildman–Crippen MR) is 151 cm³/mol. The van der Waals surface area contributed by atoms with Gasteiger partial charge in [-0.05, 0) is 68.3 Å². The molecule has 3 rings (SSSR count). The fourth-order valence-corrected chi connectivity index (χ4v) is 5.51. The van der Waals surface area contributed by atoms with E-state index in [4.69, 9.17) is 11.6 Å². The quantitative estimate of drug-likeness (QED) is 0.297. The maximum atomic E-state index is 13.9. The number of nitrogens with one attached hydrogen (secondary N) is 1. The van der Waals surface area contributed by atoms with Crippen molar-refractivity contribution < 1.29 is 22.4 Å². The highest BCUT2D eigenvalue weighted by molar-refractivity contribution is 7.92. The summed E-state index contributed by atoms with van der Waals surface area (Å²) in [6, 6.07) is 17.1. The second kappa shape index (κ2) is 13.6. The van der Waals surface area contributed by atoms with Crippen molar-refractivity contribution in [2.24, 2.45) is 0 Å². The molecular weight excluding hydrogens is 541 g/mol. The van der Waals surface area contributed by atoms with Gasteiger partial charge in [-0.3, -0.25) is 13.9 Å². The number of carbonyl (C=O) groups is 2. The Balaban J connectivity index is 2.00. The van der Waals surface area contributed by atoms with E-state index in [0.29, 0.717) is 17.1 Å². The highest BCUT2D eigenvalue weighted by atomic mass is 35.5. The van der Waals surface area contributed by atoms with E-state index in [0.717, 1.165) is 47.0 Å². The molecule has 0 saturated heterocycles. The van der Waals surface area contributed by atoms with Gasteiger partial charge in [-0.2, -0.15) is 0 Å². The molecule has 3 aromatic carbocycles. The van der Waals surface area contributed by atoms with Crippen LogP contribution in [-0.4, -0.2) is 44.3 Å². The number of hydrogen-bond donors (Lipinski definition) is 1. The molecule has 1 unspecified atom stereocenters. The summed E-state index contributed by atoms with van der Waals surface area (Å²) in [7, 11) is -4.26. The third-order valence-corrected chi connectivity index (χ3v) is 8.45. The first kappa shape index (κ1) is 30.1. The van der Waals surface area contributed by atoms with Crippen molar-refractivity contribution in [1.29, 1.82) is 0 Å². The lowest BCUT2D eigenvalue weighted by Crippen LogP contribution is -2.51. The van der Waals surface area contributed by atoms with Gasteiger partial charge >= 0.3 is 0 Å². The molecule has 0 spiro atoms. The third-order valence-electron chi connectivity index (χ3n) is 6.30. The molecule has 0 fully saturated rings. The van der Waals surface area contributed by atoms with Gasteiger partial charge in [0.15, 0.2) is 0 Å². The molecule has 208 valence electrons. The fourth-order valence-electron chi connectivity index (χ4n) is 3.90. The van der Waals surface area contributed by atoms with Crippen molar-refractivity contribution in [2.45, 2.75) is 51.1 Å². The summed E-state index contributed by atoms with van der Waals surface area (Å²) >= 11 is 6.37. The Morgan fingerprint density at radius 2 is 1.64 bits per heavy atom. The largest absolute Gasteiger partial charge is 0.354 e. The minimum Gasteiger partial charge on any atom is -0.354 e. The molecule has 0 saturated carbocycles. The monoisotopic (exact) mass is 573 g/mol. The fraction of sp³-hybridized carbons (Fsp3) is 0.310. The van der Waals surface area contributed by atoms with Crippen molar-refractivity contribution in [1.82, 2.24) is 10.2 Å². The van der Waals surface area contributed by atoms with Gasteiger partial charge in [0.25, 0.3) is 10.0 Å². The second-order valence-corrected chi connectivity index (χ2v) is 11.5. The van der Waals surface area contributed by atoms with Crippen LogP contribution >= 0.6 is 11.6 Å². The molecule has 0 heterocycles. The van der Waals surface area contributed by atoms with Crippen LogP contribution in [0, 0.1) is 12.7 Å². The smallest absolute Gasteiger partial charge is 0.264 e. The number of hydrogen-bond acceptors (Lipinski definition) is 4. The molecule has 0 aliphatic carbocycles. The van der Waals surface area contributed by atoms with E-state index >= 15 is 0 Å². The maximum Gasteiger partial charge on any atom is 0.264 e. The lowest BCUT2D eigenvalue weighted by molar-refractivity contribution is -0.139. The van der Waals surface area contributed by atoms with E-state index in [-0.39, 0.29) is 23.0 Å². The van der Waals surface area contributed by atoms with Crippen LogP contribution in [0.4, 0.5) is 10.1 Å². The highest BCUT2D eigenvalue weighted by Crippen LogP contribution is 2.26. The van der Waals surface area contributed by atoms with Crippen molar-refractivity contribution >= 4 is 39.1 Å². The van der Waals surface area contributed by atoms with Gasteiger partial charge in [0.05, 0.1) is 10.6 Å². The van der Waals surface area contributed by atoms with E-state index in [1.807, 2.05) is 13.8 Å². The minimum atomic E-state index is -4.26. The molecule has 0 radical (unpaired) electrons. The zero-order valence-electron chi connectivity index (χ0n) is 22.2. The number of carbonyl (C=O) groups excluding carboxylic acids is 2. The summed E-state index contributed by atoms with van der Waals surface area (Å²) in [5, 5.41) is 3.26. The Morgan fingerprint density at radius 1 is 1.00 bits per heavy atom. The van der Waals surface area contributed by atoms with Crippen molar-refractivity contribution in [3.8, 4) is 0 Å². The molecule has 1 N–H and O–H groups in total. The third kappa shape index (κ3) is 7.80. The minimum absolute atomic E-state index is 0.000789. The SMILES string of the molecule is CCCCNC(=O)C(C)N(Cc1ccccc1Cl)C(=O)CN(c1ccc(C)cc1)S(=O)(=O)c1ccc(F)cc1. The Bertz CT molecular complexity index is 1380. The Morgan fingerprint density at radius 3 is 2.26 bits per heavy atom. The van der Waals surface area contributed by atoms with Crippen molar-refractivity contribution in [2.75, 3.05) is 17.4 Å². The van der Waals surface area contributed by atoms with Gasteiger partial charge in [-0.1, -0.05) is 60.8 Å². The summed E-state index contributed by atoms with van der Waals surface area (Å²) < 4.78 is 42.0. The van der Waals surface area contributed by atoms with E-state index < -0.39 is 34.3 Å². The molecule has 10 heteroatoms. The molecule has 0 aromatic heterocycles. The number of anilines is 1. The van der Waals surface area contributed by atoms with E-state index in [1.165, 1.54) is 4.90 Å². The molecule has 39 heavy (non-hydrogen) atoms. The first-order valence-corrected chi connectivity index (χ1v) is 14.5. The van der Waals surface area contributed by atoms with Gasteiger partial charge in [-0.25, -0.2) is 12.8 Å². The molecule has 3 aromatic rings. The lowest BCUT2D eigenvalue weighted by Gasteiger charge is -2.32. The molecule has 0 bridgehead atoms. The van der Waals surface area contributed by atoms with Crippen LogP contribution in [0.25, 0.3) is 0 Å². The Labute approximate surface area is 234 Å². The first-order valence-electron chi connectivity index (χ1n) is 12.7. The number of rotatable bonds is 12. The highest BCUT2D eigenvalue weighted by Gasteiger charge is 2.32. The van der Waals surface area contributed by atoms with Crippen LogP contribution in [0.3, 0.4) is 0 Å². The number of benzene rings is 3. The number of aryl methyl sites for hydroxylation is 1. The molecule has 0 aliphatic heterocycles. The van der Waals surface area contributed by atoms with Gasteiger partial charge in [0.2, 0.25) is 11.8 Å². The van der Waals surface area contributed by atoms with Crippen LogP contribution in [-0.2, 0) is 26.2 Å². The summed E-state index contributed by atoms with van der Waals surface area (Å²) in [5.74, 6) is -1.54. The Hall–Kier alpha value is -3.43. The summed E-state index contributed by atoms with van der Waals surface area (Å²) in [6.07, 6.45) is 1.68. The number of nitrogens with zero attached hydrogens (tertiary/aromatic N) is 2. The zero-order valence-corrected chi connectivity index (χ0v) is 23.8. The summed E-state index contributed by atoms with van der Waals surface area (Å²) in [5.41, 5.74) is 1.78. The van der Waals surface area contributed by atoms with E-state index in [1.54, 1.807) is 55.5 Å². The summed E-state index contributed by atoms with van der Waals surface area (Å²) in [4.78, 5) is 28.0. The maximum absolute atomic E-state index is 13.9. The average molecular weight is 574 g/mol. The number of sulfonamides is 1. The topological polar surface area (TPSA) is 86.8 Å². The first-order chi connectivity index (χ1) is 18.5. The second-order valence-electron chi connectivity index (χ2n) is 9.23. The van der Waals surface area contributed by atoms with Crippen molar-refractivity contribution in [3.63, 3.8) is 0 Å². The standard InChI is InChI=1S/C29H33ClFN3O4S/c1-4-5-18-32-29(36)22(3)33(19-23-8-6-7-9-27(23)30)28(35)20-34(25-14-10-21(2)11-15-25)39(37,38)26-16-12-24(31)13-17-26/h6-17,22H,4-5,18-20H2,1-3H3,(H,32,36). The van der Waals surface area contributed by atoms with Crippen LogP contribution in [0.2, 0.25) is 5.02 Å². The molecule has 1 atom stereocenters. The normalized spacial score (nSPS) is 12.0. The average Bonchev–Trinajstić information content (AvgIpc) is 2.91. The molecule has 0 aliphatic rings. The van der Waals surface area contributed by atoms with Gasteiger partial charge < -0.3 is 10.2 Å². The van der Waals surface area contributed by atoms with Gasteiger partial charge in [0, 0.05) is 18.1 Å². The molecule has 7 nitrogen and oxygen atoms in total.